The molecule has 0 aromatic heterocycles. The maximum Gasteiger partial charge on any atom is 0.407 e. The molecule has 0 heterocycles. The van der Waals surface area contributed by atoms with Gasteiger partial charge in [0.15, 0.2) is 0 Å². The van der Waals surface area contributed by atoms with Gasteiger partial charge in [0.1, 0.15) is 5.60 Å². The van der Waals surface area contributed by atoms with Crippen LogP contribution in [0, 0.1) is 17.8 Å². The van der Waals surface area contributed by atoms with Crippen molar-refractivity contribution in [3.8, 4) is 0 Å². The Morgan fingerprint density at radius 3 is 2.19 bits per heavy atom. The molecule has 120 valence electrons. The first-order valence-electron chi connectivity index (χ1n) is 7.85. The fourth-order valence-electron chi connectivity index (χ4n) is 3.85. The van der Waals surface area contributed by atoms with Gasteiger partial charge in [0.05, 0.1) is 7.11 Å². The van der Waals surface area contributed by atoms with E-state index in [1.165, 1.54) is 7.11 Å². The first-order valence-corrected chi connectivity index (χ1v) is 7.85. The number of nitrogens with one attached hydrogen (secondary N) is 1. The van der Waals surface area contributed by atoms with Crippen LogP contribution in [0.3, 0.4) is 0 Å². The lowest BCUT2D eigenvalue weighted by molar-refractivity contribution is -0.142. The smallest absolute Gasteiger partial charge is 0.407 e. The number of rotatable bonds is 3. The number of carbonyl (C=O) groups is 2. The van der Waals surface area contributed by atoms with Gasteiger partial charge in [0.2, 0.25) is 0 Å². The topological polar surface area (TPSA) is 64.6 Å². The summed E-state index contributed by atoms with van der Waals surface area (Å²) in [6.45, 7) is 5.59. The molecule has 2 fully saturated rings. The predicted octanol–water partition coefficient (Wildman–Crippen LogP) is 2.88. The second-order valence-corrected chi connectivity index (χ2v) is 7.36. The van der Waals surface area contributed by atoms with Crippen LogP contribution in [0.4, 0.5) is 4.79 Å². The summed E-state index contributed by atoms with van der Waals surface area (Å²) in [7, 11) is 1.44. The summed E-state index contributed by atoms with van der Waals surface area (Å²) in [5.74, 6) is 1.34. The molecule has 2 atom stereocenters. The zero-order chi connectivity index (χ0) is 15.6. The number of hydrogen-bond acceptors (Lipinski definition) is 4. The summed E-state index contributed by atoms with van der Waals surface area (Å²) in [6.07, 6.45) is 4.37. The molecule has 0 aromatic carbocycles. The third-order valence-corrected chi connectivity index (χ3v) is 4.64. The average molecular weight is 297 g/mol. The highest BCUT2D eigenvalue weighted by atomic mass is 16.6. The molecule has 0 aromatic rings. The van der Waals surface area contributed by atoms with Gasteiger partial charge in [0, 0.05) is 12.5 Å². The molecule has 2 aliphatic rings. The first kappa shape index (κ1) is 16.1. The molecule has 2 bridgehead atoms. The minimum absolute atomic E-state index is 0.115. The summed E-state index contributed by atoms with van der Waals surface area (Å²) in [4.78, 5) is 23.4. The van der Waals surface area contributed by atoms with E-state index in [1.807, 2.05) is 20.8 Å². The van der Waals surface area contributed by atoms with Gasteiger partial charge in [-0.05, 0) is 64.2 Å². The van der Waals surface area contributed by atoms with Crippen molar-refractivity contribution < 1.29 is 19.1 Å². The second kappa shape index (κ2) is 6.24. The molecule has 0 aliphatic heterocycles. The lowest BCUT2D eigenvalue weighted by atomic mass is 9.74. The highest BCUT2D eigenvalue weighted by molar-refractivity contribution is 5.70. The van der Waals surface area contributed by atoms with Crippen LogP contribution in [0.2, 0.25) is 0 Å². The SMILES string of the molecule is COC(=O)CC1C2CCC1CC(NC(=O)OC(C)(C)C)C2. The lowest BCUT2D eigenvalue weighted by Crippen LogP contribution is -2.44. The number of carbonyl (C=O) groups excluding carboxylic acids is 2. The van der Waals surface area contributed by atoms with Crippen molar-refractivity contribution in [1.29, 1.82) is 0 Å². The van der Waals surface area contributed by atoms with Crippen molar-refractivity contribution in [3.63, 3.8) is 0 Å². The van der Waals surface area contributed by atoms with Crippen molar-refractivity contribution in [2.45, 2.75) is 64.5 Å². The van der Waals surface area contributed by atoms with E-state index in [9.17, 15) is 9.59 Å². The largest absolute Gasteiger partial charge is 0.469 e. The Hall–Kier alpha value is -1.26. The molecular formula is C16H27NO4. The Balaban J connectivity index is 1.86. The van der Waals surface area contributed by atoms with Gasteiger partial charge in [0.25, 0.3) is 0 Å². The van der Waals surface area contributed by atoms with Gasteiger partial charge < -0.3 is 14.8 Å². The van der Waals surface area contributed by atoms with Crippen molar-refractivity contribution in [2.75, 3.05) is 7.11 Å². The van der Waals surface area contributed by atoms with E-state index in [2.05, 4.69) is 5.32 Å². The maximum atomic E-state index is 11.9. The van der Waals surface area contributed by atoms with Crippen LogP contribution in [-0.2, 0) is 14.3 Å². The first-order chi connectivity index (χ1) is 9.78. The molecule has 2 aliphatic carbocycles. The number of amides is 1. The second-order valence-electron chi connectivity index (χ2n) is 7.36. The molecule has 0 spiro atoms. The molecule has 0 radical (unpaired) electrons. The Kier molecular flexibility index (Phi) is 4.79. The molecule has 5 nitrogen and oxygen atoms in total. The highest BCUT2D eigenvalue weighted by Crippen LogP contribution is 2.48. The van der Waals surface area contributed by atoms with Gasteiger partial charge >= 0.3 is 12.1 Å². The van der Waals surface area contributed by atoms with Crippen molar-refractivity contribution in [1.82, 2.24) is 5.32 Å². The zero-order valence-corrected chi connectivity index (χ0v) is 13.5. The minimum atomic E-state index is -0.467. The normalized spacial score (nSPS) is 31.6. The molecule has 21 heavy (non-hydrogen) atoms. The highest BCUT2D eigenvalue weighted by Gasteiger charge is 2.44. The Bertz CT molecular complexity index is 388. The molecule has 1 N–H and O–H groups in total. The van der Waals surface area contributed by atoms with Crippen molar-refractivity contribution >= 4 is 12.1 Å². The van der Waals surface area contributed by atoms with Crippen molar-refractivity contribution in [3.05, 3.63) is 0 Å². The monoisotopic (exact) mass is 297 g/mol. The summed E-state index contributed by atoms with van der Waals surface area (Å²) in [5, 5.41) is 2.99. The van der Waals surface area contributed by atoms with Crippen LogP contribution in [-0.4, -0.2) is 30.8 Å². The fraction of sp³-hybridized carbons (Fsp3) is 0.875. The van der Waals surface area contributed by atoms with Gasteiger partial charge in [-0.2, -0.15) is 0 Å². The average Bonchev–Trinajstić information content (AvgIpc) is 2.58. The standard InChI is InChI=1S/C16H27NO4/c1-16(2,3)21-15(19)17-12-7-10-5-6-11(8-12)13(10)9-14(18)20-4/h10-13H,5-9H2,1-4H3,(H,17,19). The molecular weight excluding hydrogens is 270 g/mol. The number of hydrogen-bond donors (Lipinski definition) is 1. The van der Waals surface area contributed by atoms with E-state index in [0.717, 1.165) is 25.7 Å². The van der Waals surface area contributed by atoms with Crippen LogP contribution in [0.15, 0.2) is 0 Å². The van der Waals surface area contributed by atoms with Crippen LogP contribution in [0.5, 0.6) is 0 Å². The fourth-order valence-corrected chi connectivity index (χ4v) is 3.85. The third-order valence-electron chi connectivity index (χ3n) is 4.64. The molecule has 2 unspecified atom stereocenters. The number of alkyl carbamates (subject to hydrolysis) is 1. The van der Waals surface area contributed by atoms with Gasteiger partial charge in [-0.3, -0.25) is 4.79 Å². The summed E-state index contributed by atoms with van der Waals surface area (Å²) in [5.41, 5.74) is -0.467. The molecule has 2 rings (SSSR count). The molecule has 2 saturated carbocycles. The van der Waals surface area contributed by atoms with E-state index in [0.29, 0.717) is 24.2 Å². The lowest BCUT2D eigenvalue weighted by Gasteiger charge is -2.35. The minimum Gasteiger partial charge on any atom is -0.469 e. The predicted molar refractivity (Wildman–Crippen MR) is 78.7 cm³/mol. The quantitative estimate of drug-likeness (QED) is 0.814. The van der Waals surface area contributed by atoms with E-state index in [4.69, 9.17) is 9.47 Å². The number of esters is 1. The van der Waals surface area contributed by atoms with Gasteiger partial charge in [-0.1, -0.05) is 0 Å². The molecule has 1 amide bonds. The van der Waals surface area contributed by atoms with Gasteiger partial charge in [-0.25, -0.2) is 4.79 Å². The van der Waals surface area contributed by atoms with E-state index < -0.39 is 5.60 Å². The summed E-state index contributed by atoms with van der Waals surface area (Å²) >= 11 is 0. The van der Waals surface area contributed by atoms with Crippen molar-refractivity contribution in [2.24, 2.45) is 17.8 Å². The van der Waals surface area contributed by atoms with E-state index in [-0.39, 0.29) is 18.1 Å². The summed E-state index contributed by atoms with van der Waals surface area (Å²) < 4.78 is 10.1. The molecule has 5 heteroatoms. The van der Waals surface area contributed by atoms with Crippen LogP contribution in [0.25, 0.3) is 0 Å². The number of ether oxygens (including phenoxy) is 2. The third kappa shape index (κ3) is 4.35. The van der Waals surface area contributed by atoms with Crippen LogP contribution < -0.4 is 5.32 Å². The molecule has 0 saturated heterocycles. The van der Waals surface area contributed by atoms with Crippen LogP contribution in [0.1, 0.15) is 52.9 Å². The van der Waals surface area contributed by atoms with E-state index >= 15 is 0 Å². The van der Waals surface area contributed by atoms with Gasteiger partial charge in [-0.15, -0.1) is 0 Å². The number of methoxy groups -OCH3 is 1. The van der Waals surface area contributed by atoms with Crippen LogP contribution >= 0.6 is 0 Å². The Morgan fingerprint density at radius 1 is 1.14 bits per heavy atom. The Morgan fingerprint density at radius 2 is 1.71 bits per heavy atom. The number of fused-ring (bicyclic) bond motifs is 2. The van der Waals surface area contributed by atoms with E-state index in [1.54, 1.807) is 0 Å². The maximum absolute atomic E-state index is 11.9. The summed E-state index contributed by atoms with van der Waals surface area (Å²) in [6, 6.07) is 0.172. The zero-order valence-electron chi connectivity index (χ0n) is 13.5. The Labute approximate surface area is 126 Å².